The minimum Gasteiger partial charge on any atom is -0.337 e. The highest BCUT2D eigenvalue weighted by atomic mass is 32.2. The van der Waals surface area contributed by atoms with Crippen molar-refractivity contribution < 1.29 is 13.2 Å². The smallest absolute Gasteiger partial charge is 0.317 e. The van der Waals surface area contributed by atoms with Gasteiger partial charge in [0.2, 0.25) is 10.0 Å². The summed E-state index contributed by atoms with van der Waals surface area (Å²) in [6, 6.07) is -0.180. The lowest BCUT2D eigenvalue weighted by atomic mass is 9.86. The molecule has 2 amide bonds. The maximum absolute atomic E-state index is 11.9. The number of hydrogen-bond donors (Lipinski definition) is 2. The van der Waals surface area contributed by atoms with E-state index in [1.165, 1.54) is 32.1 Å². The van der Waals surface area contributed by atoms with Crippen LogP contribution in [-0.4, -0.2) is 51.8 Å². The number of rotatable bonds is 8. The number of urea groups is 1. The third-order valence-corrected chi connectivity index (χ3v) is 6.17. The highest BCUT2D eigenvalue weighted by Crippen LogP contribution is 2.25. The van der Waals surface area contributed by atoms with E-state index >= 15 is 0 Å². The van der Waals surface area contributed by atoms with E-state index in [0.717, 1.165) is 19.4 Å². The van der Waals surface area contributed by atoms with Crippen LogP contribution in [0.4, 0.5) is 4.79 Å². The van der Waals surface area contributed by atoms with Crippen molar-refractivity contribution in [3.63, 3.8) is 0 Å². The average molecular weight is 331 g/mol. The molecule has 6 nitrogen and oxygen atoms in total. The van der Waals surface area contributed by atoms with Crippen LogP contribution < -0.4 is 10.0 Å². The Morgan fingerprint density at radius 3 is 2.32 bits per heavy atom. The first-order valence-electron chi connectivity index (χ1n) is 8.42. The molecule has 2 saturated carbocycles. The molecule has 2 aliphatic rings. The van der Waals surface area contributed by atoms with Crippen LogP contribution in [0.25, 0.3) is 0 Å². The third kappa shape index (κ3) is 5.76. The van der Waals surface area contributed by atoms with Gasteiger partial charge in [0.25, 0.3) is 0 Å². The van der Waals surface area contributed by atoms with Gasteiger partial charge in [0.15, 0.2) is 0 Å². The van der Waals surface area contributed by atoms with Crippen molar-refractivity contribution in [2.45, 2.75) is 44.9 Å². The fraction of sp³-hybridized carbons (Fsp3) is 0.933. The number of amides is 2. The summed E-state index contributed by atoms with van der Waals surface area (Å²) in [6.07, 6.45) is 8.33. The van der Waals surface area contributed by atoms with Gasteiger partial charge in [-0.05, 0) is 37.5 Å². The SMILES string of the molecule is CN(CC1CCCC1)C(=O)NCCS(=O)(=O)NCC1CCC1. The van der Waals surface area contributed by atoms with E-state index in [0.29, 0.717) is 18.4 Å². The Labute approximate surface area is 134 Å². The number of carbonyl (C=O) groups excluding carboxylic acids is 1. The largest absolute Gasteiger partial charge is 0.337 e. The number of hydrogen-bond acceptors (Lipinski definition) is 3. The maximum Gasteiger partial charge on any atom is 0.317 e. The van der Waals surface area contributed by atoms with Crippen LogP contribution in [-0.2, 0) is 10.0 Å². The lowest BCUT2D eigenvalue weighted by molar-refractivity contribution is 0.201. The highest BCUT2D eigenvalue weighted by molar-refractivity contribution is 7.89. The summed E-state index contributed by atoms with van der Waals surface area (Å²) in [5.74, 6) is 1.05. The van der Waals surface area contributed by atoms with E-state index < -0.39 is 10.0 Å². The van der Waals surface area contributed by atoms with E-state index in [1.807, 2.05) is 0 Å². The van der Waals surface area contributed by atoms with Gasteiger partial charge in [0, 0.05) is 26.7 Å². The number of nitrogens with one attached hydrogen (secondary N) is 2. The Bertz CT molecular complexity index is 457. The summed E-state index contributed by atoms with van der Waals surface area (Å²) < 4.78 is 26.3. The van der Waals surface area contributed by atoms with Gasteiger partial charge in [-0.2, -0.15) is 0 Å². The normalized spacial score (nSPS) is 19.9. The van der Waals surface area contributed by atoms with Gasteiger partial charge in [-0.3, -0.25) is 0 Å². The summed E-state index contributed by atoms with van der Waals surface area (Å²) in [7, 11) is -1.51. The first-order valence-corrected chi connectivity index (χ1v) is 10.1. The minimum absolute atomic E-state index is 0.0528. The summed E-state index contributed by atoms with van der Waals surface area (Å²) in [4.78, 5) is 13.6. The molecule has 2 fully saturated rings. The molecule has 0 heterocycles. The van der Waals surface area contributed by atoms with Crippen molar-refractivity contribution in [2.75, 3.05) is 32.4 Å². The third-order valence-electron chi connectivity index (χ3n) is 4.82. The zero-order chi connectivity index (χ0) is 16.0. The summed E-state index contributed by atoms with van der Waals surface area (Å²) in [5.41, 5.74) is 0. The Morgan fingerprint density at radius 1 is 1.09 bits per heavy atom. The van der Waals surface area contributed by atoms with Crippen LogP contribution in [0.15, 0.2) is 0 Å². The molecule has 7 heteroatoms. The van der Waals surface area contributed by atoms with Crippen LogP contribution in [0.2, 0.25) is 0 Å². The lowest BCUT2D eigenvalue weighted by Crippen LogP contribution is -2.43. The van der Waals surface area contributed by atoms with Gasteiger partial charge in [-0.15, -0.1) is 0 Å². The van der Waals surface area contributed by atoms with E-state index in [4.69, 9.17) is 0 Å². The van der Waals surface area contributed by atoms with Gasteiger partial charge in [0.05, 0.1) is 5.75 Å². The topological polar surface area (TPSA) is 78.5 Å². The molecule has 22 heavy (non-hydrogen) atoms. The lowest BCUT2D eigenvalue weighted by Gasteiger charge is -2.25. The number of sulfonamides is 1. The van der Waals surface area contributed by atoms with Crippen LogP contribution in [0.5, 0.6) is 0 Å². The standard InChI is InChI=1S/C15H29N3O3S/c1-18(12-14-5-2-3-6-14)15(19)16-9-10-22(20,21)17-11-13-7-4-8-13/h13-14,17H,2-12H2,1H3,(H,16,19). The maximum atomic E-state index is 11.9. The fourth-order valence-corrected chi connectivity index (χ4v) is 4.11. The first-order chi connectivity index (χ1) is 10.5. The van der Waals surface area contributed by atoms with Crippen molar-refractivity contribution in [2.24, 2.45) is 11.8 Å². The Balaban J connectivity index is 1.60. The molecule has 0 bridgehead atoms. The second-order valence-electron chi connectivity index (χ2n) is 6.73. The van der Waals surface area contributed by atoms with Crippen LogP contribution in [0.3, 0.4) is 0 Å². The molecular weight excluding hydrogens is 302 g/mol. The molecule has 0 aromatic rings. The molecular formula is C15H29N3O3S. The van der Waals surface area contributed by atoms with Crippen molar-refractivity contribution in [1.82, 2.24) is 14.9 Å². The Morgan fingerprint density at radius 2 is 1.73 bits per heavy atom. The van der Waals surface area contributed by atoms with Crippen LogP contribution in [0, 0.1) is 11.8 Å². The quantitative estimate of drug-likeness (QED) is 0.708. The molecule has 128 valence electrons. The predicted octanol–water partition coefficient (Wildman–Crippen LogP) is 1.54. The molecule has 0 aromatic carbocycles. The van der Waals surface area contributed by atoms with Gasteiger partial charge in [-0.1, -0.05) is 19.3 Å². The number of carbonyl (C=O) groups is 1. The molecule has 2 aliphatic carbocycles. The van der Waals surface area contributed by atoms with E-state index in [2.05, 4.69) is 10.0 Å². The van der Waals surface area contributed by atoms with Crippen molar-refractivity contribution >= 4 is 16.1 Å². The van der Waals surface area contributed by atoms with Gasteiger partial charge in [0.1, 0.15) is 0 Å². The summed E-state index contributed by atoms with van der Waals surface area (Å²) in [6.45, 7) is 1.46. The molecule has 0 unspecified atom stereocenters. The zero-order valence-corrected chi connectivity index (χ0v) is 14.3. The number of nitrogens with zero attached hydrogens (tertiary/aromatic N) is 1. The zero-order valence-electron chi connectivity index (χ0n) is 13.5. The van der Waals surface area contributed by atoms with Gasteiger partial charge < -0.3 is 10.2 Å². The molecule has 2 rings (SSSR count). The van der Waals surface area contributed by atoms with Crippen molar-refractivity contribution in [3.8, 4) is 0 Å². The molecule has 0 atom stereocenters. The predicted molar refractivity (Wildman–Crippen MR) is 87.1 cm³/mol. The van der Waals surface area contributed by atoms with E-state index in [-0.39, 0.29) is 18.3 Å². The monoisotopic (exact) mass is 331 g/mol. The Hall–Kier alpha value is -0.820. The molecule has 2 N–H and O–H groups in total. The highest BCUT2D eigenvalue weighted by Gasteiger charge is 2.21. The van der Waals surface area contributed by atoms with Crippen LogP contribution >= 0.6 is 0 Å². The second kappa shape index (κ2) is 8.15. The molecule has 0 spiro atoms. The Kier molecular flexibility index (Phi) is 6.50. The molecule has 0 aromatic heterocycles. The summed E-state index contributed by atoms with van der Waals surface area (Å²) in [5, 5.41) is 2.70. The van der Waals surface area contributed by atoms with Crippen LogP contribution in [0.1, 0.15) is 44.9 Å². The van der Waals surface area contributed by atoms with E-state index in [9.17, 15) is 13.2 Å². The fourth-order valence-electron chi connectivity index (χ4n) is 3.10. The van der Waals surface area contributed by atoms with Crippen molar-refractivity contribution in [1.29, 1.82) is 0 Å². The molecule has 0 radical (unpaired) electrons. The second-order valence-corrected chi connectivity index (χ2v) is 8.65. The summed E-state index contributed by atoms with van der Waals surface area (Å²) >= 11 is 0. The molecule has 0 aliphatic heterocycles. The minimum atomic E-state index is -3.28. The molecule has 0 saturated heterocycles. The average Bonchev–Trinajstić information content (AvgIpc) is 2.89. The first kappa shape index (κ1) is 17.5. The van der Waals surface area contributed by atoms with Gasteiger partial charge in [-0.25, -0.2) is 17.9 Å². The van der Waals surface area contributed by atoms with Crippen molar-refractivity contribution in [3.05, 3.63) is 0 Å². The van der Waals surface area contributed by atoms with E-state index in [1.54, 1.807) is 11.9 Å². The van der Waals surface area contributed by atoms with Gasteiger partial charge >= 0.3 is 6.03 Å².